The second-order valence-corrected chi connectivity index (χ2v) is 6.43. The van der Waals surface area contributed by atoms with Crippen LogP contribution < -0.4 is 15.0 Å². The summed E-state index contributed by atoms with van der Waals surface area (Å²) < 4.78 is 5.20. The smallest absolute Gasteiger partial charge is 0.221 e. The molecule has 0 atom stereocenters. The van der Waals surface area contributed by atoms with Crippen LogP contribution >= 0.6 is 0 Å². The fraction of sp³-hybridized carbons (Fsp3) is 0.611. The molecule has 0 spiro atoms. The van der Waals surface area contributed by atoms with Gasteiger partial charge in [-0.2, -0.15) is 0 Å². The van der Waals surface area contributed by atoms with Crippen molar-refractivity contribution in [3.63, 3.8) is 0 Å². The minimum atomic E-state index is 0.148. The van der Waals surface area contributed by atoms with Crippen LogP contribution in [0.25, 0.3) is 0 Å². The maximum absolute atomic E-state index is 11.8. The lowest BCUT2D eigenvalue weighted by atomic mass is 10.2. The molecule has 0 aromatic heterocycles. The zero-order valence-corrected chi connectivity index (χ0v) is 15.1. The van der Waals surface area contributed by atoms with E-state index in [1.807, 2.05) is 26.2 Å². The molecule has 0 radical (unpaired) electrons. The van der Waals surface area contributed by atoms with Crippen LogP contribution in [0, 0.1) is 0 Å². The maximum atomic E-state index is 11.8. The molecule has 1 amide bonds. The Kier molecular flexibility index (Phi) is 7.34. The van der Waals surface area contributed by atoms with Gasteiger partial charge >= 0.3 is 0 Å². The lowest BCUT2D eigenvalue weighted by Crippen LogP contribution is -2.47. The minimum Gasteiger partial charge on any atom is -0.497 e. The molecule has 2 rings (SSSR count). The number of nitrogens with zero attached hydrogens (tertiary/aromatic N) is 3. The molecule has 0 bridgehead atoms. The third kappa shape index (κ3) is 6.02. The van der Waals surface area contributed by atoms with Crippen molar-refractivity contribution in [2.24, 2.45) is 0 Å². The first-order valence-corrected chi connectivity index (χ1v) is 8.61. The molecular weight excluding hydrogens is 304 g/mol. The molecule has 1 aliphatic rings. The van der Waals surface area contributed by atoms with Crippen molar-refractivity contribution in [1.29, 1.82) is 0 Å². The number of hydrogen-bond donors (Lipinski definition) is 1. The van der Waals surface area contributed by atoms with Gasteiger partial charge in [-0.25, -0.2) is 0 Å². The van der Waals surface area contributed by atoms with E-state index in [4.69, 9.17) is 4.74 Å². The number of amides is 1. The Labute approximate surface area is 145 Å². The Hall–Kier alpha value is -1.79. The molecule has 0 saturated carbocycles. The van der Waals surface area contributed by atoms with Gasteiger partial charge in [0.15, 0.2) is 0 Å². The average Bonchev–Trinajstić information content (AvgIpc) is 2.60. The topological polar surface area (TPSA) is 48.1 Å². The normalized spacial score (nSPS) is 15.6. The van der Waals surface area contributed by atoms with E-state index in [-0.39, 0.29) is 5.91 Å². The van der Waals surface area contributed by atoms with Gasteiger partial charge in [0.05, 0.1) is 7.11 Å². The molecule has 6 heteroatoms. The summed E-state index contributed by atoms with van der Waals surface area (Å²) in [5.74, 6) is 1.03. The lowest BCUT2D eigenvalue weighted by Gasteiger charge is -2.36. The van der Waals surface area contributed by atoms with E-state index in [0.29, 0.717) is 6.42 Å². The van der Waals surface area contributed by atoms with Gasteiger partial charge in [-0.1, -0.05) is 0 Å². The van der Waals surface area contributed by atoms with Gasteiger partial charge in [-0.15, -0.1) is 0 Å². The number of benzene rings is 1. The van der Waals surface area contributed by atoms with Crippen molar-refractivity contribution in [3.8, 4) is 5.75 Å². The minimum absolute atomic E-state index is 0.148. The zero-order valence-electron chi connectivity index (χ0n) is 15.1. The van der Waals surface area contributed by atoms with E-state index in [0.717, 1.165) is 51.6 Å². The van der Waals surface area contributed by atoms with Crippen molar-refractivity contribution in [1.82, 2.24) is 15.1 Å². The van der Waals surface area contributed by atoms with Gasteiger partial charge in [0.2, 0.25) is 5.91 Å². The van der Waals surface area contributed by atoms with Gasteiger partial charge in [-0.3, -0.25) is 9.69 Å². The largest absolute Gasteiger partial charge is 0.497 e. The van der Waals surface area contributed by atoms with Crippen LogP contribution in [0.4, 0.5) is 5.69 Å². The molecule has 6 nitrogen and oxygen atoms in total. The number of ether oxygens (including phenoxy) is 1. The fourth-order valence-corrected chi connectivity index (χ4v) is 2.79. The number of hydrogen-bond acceptors (Lipinski definition) is 5. The number of methoxy groups -OCH3 is 1. The molecule has 1 saturated heterocycles. The summed E-state index contributed by atoms with van der Waals surface area (Å²) >= 11 is 0. The summed E-state index contributed by atoms with van der Waals surface area (Å²) in [6, 6.07) is 8.21. The van der Waals surface area contributed by atoms with E-state index in [1.54, 1.807) is 7.11 Å². The van der Waals surface area contributed by atoms with E-state index >= 15 is 0 Å². The predicted molar refractivity (Wildman–Crippen MR) is 97.8 cm³/mol. The summed E-state index contributed by atoms with van der Waals surface area (Å²) in [4.78, 5) is 18.7. The Morgan fingerprint density at radius 3 is 2.42 bits per heavy atom. The van der Waals surface area contributed by atoms with Crippen LogP contribution in [-0.4, -0.2) is 82.7 Å². The molecule has 1 N–H and O–H groups in total. The SMILES string of the molecule is COc1ccc(N2CCN(CCC(=O)NCCN(C)C)CC2)cc1. The van der Waals surface area contributed by atoms with Crippen molar-refractivity contribution >= 4 is 11.6 Å². The molecule has 24 heavy (non-hydrogen) atoms. The van der Waals surface area contributed by atoms with Crippen LogP contribution in [0.2, 0.25) is 0 Å². The number of likely N-dealkylation sites (N-methyl/N-ethyl adjacent to an activating group) is 1. The van der Waals surface area contributed by atoms with Crippen LogP contribution in [0.3, 0.4) is 0 Å². The predicted octanol–water partition coefficient (Wildman–Crippen LogP) is 0.885. The van der Waals surface area contributed by atoms with E-state index in [1.165, 1.54) is 5.69 Å². The van der Waals surface area contributed by atoms with E-state index in [2.05, 4.69) is 32.1 Å². The van der Waals surface area contributed by atoms with Crippen LogP contribution in [0.1, 0.15) is 6.42 Å². The number of anilines is 1. The van der Waals surface area contributed by atoms with E-state index < -0.39 is 0 Å². The number of piperazine rings is 1. The van der Waals surface area contributed by atoms with Crippen LogP contribution in [0.15, 0.2) is 24.3 Å². The van der Waals surface area contributed by atoms with Crippen molar-refractivity contribution in [3.05, 3.63) is 24.3 Å². The number of carbonyl (C=O) groups is 1. The highest BCUT2D eigenvalue weighted by atomic mass is 16.5. The third-order valence-electron chi connectivity index (χ3n) is 4.35. The van der Waals surface area contributed by atoms with Crippen LogP contribution in [-0.2, 0) is 4.79 Å². The van der Waals surface area contributed by atoms with Gasteiger partial charge in [0, 0.05) is 57.9 Å². The summed E-state index contributed by atoms with van der Waals surface area (Å²) in [6.07, 6.45) is 0.579. The summed E-state index contributed by atoms with van der Waals surface area (Å²) in [5.41, 5.74) is 1.23. The molecule has 0 unspecified atom stereocenters. The first-order chi connectivity index (χ1) is 11.6. The first-order valence-electron chi connectivity index (χ1n) is 8.61. The highest BCUT2D eigenvalue weighted by Crippen LogP contribution is 2.20. The lowest BCUT2D eigenvalue weighted by molar-refractivity contribution is -0.121. The van der Waals surface area contributed by atoms with Gasteiger partial charge in [0.25, 0.3) is 0 Å². The summed E-state index contributed by atoms with van der Waals surface area (Å²) in [6.45, 7) is 6.42. The highest BCUT2D eigenvalue weighted by Gasteiger charge is 2.17. The maximum Gasteiger partial charge on any atom is 0.221 e. The average molecular weight is 334 g/mol. The molecule has 134 valence electrons. The Morgan fingerprint density at radius 2 is 1.83 bits per heavy atom. The zero-order chi connectivity index (χ0) is 17.4. The quantitative estimate of drug-likeness (QED) is 0.765. The van der Waals surface area contributed by atoms with Crippen molar-refractivity contribution in [2.45, 2.75) is 6.42 Å². The van der Waals surface area contributed by atoms with Gasteiger partial charge < -0.3 is 19.9 Å². The van der Waals surface area contributed by atoms with Crippen LogP contribution in [0.5, 0.6) is 5.75 Å². The fourth-order valence-electron chi connectivity index (χ4n) is 2.79. The molecule has 1 aliphatic heterocycles. The number of rotatable bonds is 8. The third-order valence-corrected chi connectivity index (χ3v) is 4.35. The number of carbonyl (C=O) groups excluding carboxylic acids is 1. The number of nitrogens with one attached hydrogen (secondary N) is 1. The molecule has 1 aromatic carbocycles. The molecule has 1 heterocycles. The van der Waals surface area contributed by atoms with E-state index in [9.17, 15) is 4.79 Å². The standard InChI is InChI=1S/C18H30N4O2/c1-20(2)11-9-19-18(23)8-10-21-12-14-22(15-13-21)16-4-6-17(24-3)7-5-16/h4-7H,8-15H2,1-3H3,(H,19,23). The van der Waals surface area contributed by atoms with Crippen molar-refractivity contribution in [2.75, 3.05) is 71.9 Å². The molecule has 1 aromatic rings. The van der Waals surface area contributed by atoms with Crippen molar-refractivity contribution < 1.29 is 9.53 Å². The Morgan fingerprint density at radius 1 is 1.17 bits per heavy atom. The summed E-state index contributed by atoms with van der Waals surface area (Å²) in [5, 5.41) is 2.97. The van der Waals surface area contributed by atoms with Gasteiger partial charge in [-0.05, 0) is 38.4 Å². The Bertz CT molecular complexity index is 496. The molecule has 1 fully saturated rings. The second kappa shape index (κ2) is 9.49. The molecule has 0 aliphatic carbocycles. The summed E-state index contributed by atoms with van der Waals surface area (Å²) in [7, 11) is 5.70. The second-order valence-electron chi connectivity index (χ2n) is 6.43. The monoisotopic (exact) mass is 334 g/mol. The van der Waals surface area contributed by atoms with Gasteiger partial charge in [0.1, 0.15) is 5.75 Å². The Balaban J connectivity index is 1.66. The highest BCUT2D eigenvalue weighted by molar-refractivity contribution is 5.76. The molecular formula is C18H30N4O2. The first kappa shape index (κ1) is 18.5.